The maximum absolute atomic E-state index is 13.1. The minimum atomic E-state index is -0.396. The summed E-state index contributed by atoms with van der Waals surface area (Å²) < 4.78 is 14.5. The highest BCUT2D eigenvalue weighted by atomic mass is 19.1. The summed E-state index contributed by atoms with van der Waals surface area (Å²) >= 11 is 0. The molecule has 1 aliphatic carbocycles. The SMILES string of the molecule is Cc1cc(C)n(CC(=O)N[C@@H]2CCC[C@@H]2Cc2ccc(F)cc2)c(=O)n1. The first-order chi connectivity index (χ1) is 12.4. The molecule has 5 nitrogen and oxygen atoms in total. The highest BCUT2D eigenvalue weighted by Crippen LogP contribution is 2.29. The first kappa shape index (κ1) is 18.3. The van der Waals surface area contributed by atoms with Crippen LogP contribution < -0.4 is 11.0 Å². The summed E-state index contributed by atoms with van der Waals surface area (Å²) in [5, 5.41) is 3.08. The van der Waals surface area contributed by atoms with Gasteiger partial charge in [-0.05, 0) is 62.8 Å². The van der Waals surface area contributed by atoms with Gasteiger partial charge in [-0.15, -0.1) is 0 Å². The van der Waals surface area contributed by atoms with Crippen molar-refractivity contribution in [2.75, 3.05) is 0 Å². The summed E-state index contributed by atoms with van der Waals surface area (Å²) in [6, 6.07) is 8.42. The molecule has 0 bridgehead atoms. The Balaban J connectivity index is 1.63. The molecule has 26 heavy (non-hydrogen) atoms. The molecule has 1 aromatic heterocycles. The first-order valence-corrected chi connectivity index (χ1v) is 9.01. The molecule has 1 N–H and O–H groups in total. The molecule has 0 aliphatic heterocycles. The van der Waals surface area contributed by atoms with Gasteiger partial charge in [0.15, 0.2) is 0 Å². The average Bonchev–Trinajstić information content (AvgIpc) is 3.00. The number of aryl methyl sites for hydroxylation is 2. The fourth-order valence-corrected chi connectivity index (χ4v) is 3.76. The van der Waals surface area contributed by atoms with Crippen molar-refractivity contribution in [3.8, 4) is 0 Å². The van der Waals surface area contributed by atoms with Crippen molar-refractivity contribution in [2.24, 2.45) is 5.92 Å². The van der Waals surface area contributed by atoms with Crippen LogP contribution in [0.1, 0.15) is 36.2 Å². The van der Waals surface area contributed by atoms with Crippen LogP contribution in [0, 0.1) is 25.6 Å². The second kappa shape index (κ2) is 7.81. The number of nitrogens with one attached hydrogen (secondary N) is 1. The molecule has 6 heteroatoms. The number of benzene rings is 1. The summed E-state index contributed by atoms with van der Waals surface area (Å²) in [6.45, 7) is 3.55. The lowest BCUT2D eigenvalue weighted by Crippen LogP contribution is -2.42. The van der Waals surface area contributed by atoms with Crippen molar-refractivity contribution in [1.82, 2.24) is 14.9 Å². The molecule has 0 spiro atoms. The van der Waals surface area contributed by atoms with Crippen LogP contribution in [0.3, 0.4) is 0 Å². The quantitative estimate of drug-likeness (QED) is 0.894. The topological polar surface area (TPSA) is 64.0 Å². The number of carbonyl (C=O) groups is 1. The molecule has 0 radical (unpaired) electrons. The van der Waals surface area contributed by atoms with Gasteiger partial charge in [0, 0.05) is 17.4 Å². The van der Waals surface area contributed by atoms with Crippen LogP contribution in [-0.4, -0.2) is 21.5 Å². The molecule has 3 rings (SSSR count). The summed E-state index contributed by atoms with van der Waals surface area (Å²) in [4.78, 5) is 28.4. The molecular weight excluding hydrogens is 333 g/mol. The Morgan fingerprint density at radius 3 is 2.69 bits per heavy atom. The van der Waals surface area contributed by atoms with E-state index < -0.39 is 5.69 Å². The monoisotopic (exact) mass is 357 g/mol. The molecule has 1 saturated carbocycles. The van der Waals surface area contributed by atoms with Gasteiger partial charge in [0.25, 0.3) is 0 Å². The Labute approximate surface area is 152 Å². The van der Waals surface area contributed by atoms with E-state index >= 15 is 0 Å². The van der Waals surface area contributed by atoms with E-state index in [4.69, 9.17) is 0 Å². The van der Waals surface area contributed by atoms with Gasteiger partial charge in [0.2, 0.25) is 5.91 Å². The van der Waals surface area contributed by atoms with E-state index in [1.54, 1.807) is 32.0 Å². The van der Waals surface area contributed by atoms with Gasteiger partial charge >= 0.3 is 5.69 Å². The third-order valence-electron chi connectivity index (χ3n) is 5.06. The molecule has 2 aromatic rings. The molecule has 2 atom stereocenters. The van der Waals surface area contributed by atoms with E-state index in [0.717, 1.165) is 36.9 Å². The second-order valence-electron chi connectivity index (χ2n) is 7.10. The number of hydrogen-bond acceptors (Lipinski definition) is 3. The number of carbonyl (C=O) groups excluding carboxylic acids is 1. The minimum Gasteiger partial charge on any atom is -0.352 e. The fourth-order valence-electron chi connectivity index (χ4n) is 3.76. The van der Waals surface area contributed by atoms with Gasteiger partial charge in [-0.1, -0.05) is 18.6 Å². The van der Waals surface area contributed by atoms with Gasteiger partial charge < -0.3 is 5.32 Å². The summed E-state index contributed by atoms with van der Waals surface area (Å²) in [6.07, 6.45) is 3.84. The molecular formula is C20H24FN3O2. The smallest absolute Gasteiger partial charge is 0.348 e. The first-order valence-electron chi connectivity index (χ1n) is 9.01. The summed E-state index contributed by atoms with van der Waals surface area (Å²) in [5.74, 6) is -0.0761. The van der Waals surface area contributed by atoms with E-state index in [-0.39, 0.29) is 24.3 Å². The van der Waals surface area contributed by atoms with Crippen LogP contribution >= 0.6 is 0 Å². The van der Waals surface area contributed by atoms with Gasteiger partial charge in [-0.2, -0.15) is 4.98 Å². The molecule has 1 aromatic carbocycles. The lowest BCUT2D eigenvalue weighted by molar-refractivity contribution is -0.122. The number of rotatable bonds is 5. The Bertz CT molecular complexity index is 845. The molecule has 1 amide bonds. The molecule has 1 fully saturated rings. The van der Waals surface area contributed by atoms with E-state index in [1.807, 2.05) is 0 Å². The minimum absolute atomic E-state index is 0.0162. The van der Waals surface area contributed by atoms with Crippen molar-refractivity contribution in [3.63, 3.8) is 0 Å². The predicted molar refractivity (Wildman–Crippen MR) is 97.3 cm³/mol. The number of nitrogens with zero attached hydrogens (tertiary/aromatic N) is 2. The highest BCUT2D eigenvalue weighted by molar-refractivity contribution is 5.76. The molecule has 0 saturated heterocycles. The molecule has 1 heterocycles. The average molecular weight is 357 g/mol. The lowest BCUT2D eigenvalue weighted by atomic mass is 9.94. The Morgan fingerprint density at radius 2 is 2.00 bits per heavy atom. The number of halogens is 1. The standard InChI is InChI=1S/C20H24FN3O2/c1-13-10-14(2)24(20(26)22-13)12-19(25)23-18-5-3-4-16(18)11-15-6-8-17(21)9-7-15/h6-10,16,18H,3-5,11-12H2,1-2H3,(H,23,25)/t16-,18-/m1/s1. The Hall–Kier alpha value is -2.50. The van der Waals surface area contributed by atoms with Crippen molar-refractivity contribution < 1.29 is 9.18 Å². The maximum Gasteiger partial charge on any atom is 0.348 e. The van der Waals surface area contributed by atoms with Crippen LogP contribution in [0.2, 0.25) is 0 Å². The van der Waals surface area contributed by atoms with Gasteiger partial charge in [0.1, 0.15) is 12.4 Å². The van der Waals surface area contributed by atoms with Gasteiger partial charge in [0.05, 0.1) is 0 Å². The molecule has 0 unspecified atom stereocenters. The highest BCUT2D eigenvalue weighted by Gasteiger charge is 2.28. The summed E-state index contributed by atoms with van der Waals surface area (Å²) in [5.41, 5.74) is 2.06. The van der Waals surface area contributed by atoms with E-state index in [0.29, 0.717) is 11.6 Å². The van der Waals surface area contributed by atoms with Crippen molar-refractivity contribution in [2.45, 2.75) is 52.1 Å². The molecule has 138 valence electrons. The van der Waals surface area contributed by atoms with E-state index in [2.05, 4.69) is 10.3 Å². The van der Waals surface area contributed by atoms with Crippen molar-refractivity contribution in [1.29, 1.82) is 0 Å². The van der Waals surface area contributed by atoms with Gasteiger partial charge in [-0.25, -0.2) is 9.18 Å². The number of hydrogen-bond donors (Lipinski definition) is 1. The van der Waals surface area contributed by atoms with Gasteiger partial charge in [-0.3, -0.25) is 9.36 Å². The Kier molecular flexibility index (Phi) is 5.49. The van der Waals surface area contributed by atoms with Crippen LogP contribution in [0.4, 0.5) is 4.39 Å². The third-order valence-corrected chi connectivity index (χ3v) is 5.06. The largest absolute Gasteiger partial charge is 0.352 e. The van der Waals surface area contributed by atoms with E-state index in [1.165, 1.54) is 16.7 Å². The summed E-state index contributed by atoms with van der Waals surface area (Å²) in [7, 11) is 0. The zero-order valence-electron chi connectivity index (χ0n) is 15.2. The zero-order valence-corrected chi connectivity index (χ0v) is 15.2. The van der Waals surface area contributed by atoms with Crippen molar-refractivity contribution in [3.05, 3.63) is 63.6 Å². The van der Waals surface area contributed by atoms with E-state index in [9.17, 15) is 14.0 Å². The van der Waals surface area contributed by atoms with Crippen LogP contribution in [0.15, 0.2) is 35.1 Å². The Morgan fingerprint density at radius 1 is 1.27 bits per heavy atom. The normalized spacial score (nSPS) is 19.5. The van der Waals surface area contributed by atoms with Crippen LogP contribution in [-0.2, 0) is 17.8 Å². The fraction of sp³-hybridized carbons (Fsp3) is 0.450. The zero-order chi connectivity index (χ0) is 18.7. The van der Waals surface area contributed by atoms with Crippen LogP contribution in [0.5, 0.6) is 0 Å². The third kappa shape index (κ3) is 4.36. The number of aromatic nitrogens is 2. The maximum atomic E-state index is 13.1. The lowest BCUT2D eigenvalue weighted by Gasteiger charge is -2.21. The van der Waals surface area contributed by atoms with Crippen molar-refractivity contribution >= 4 is 5.91 Å². The number of amides is 1. The molecule has 1 aliphatic rings. The van der Waals surface area contributed by atoms with Crippen LogP contribution in [0.25, 0.3) is 0 Å². The predicted octanol–water partition coefficient (Wildman–Crippen LogP) is 2.53. The second-order valence-corrected chi connectivity index (χ2v) is 7.10.